The van der Waals surface area contributed by atoms with E-state index in [0.29, 0.717) is 5.92 Å². The molecule has 0 saturated carbocycles. The molecular weight excluding hydrogens is 254 g/mol. The van der Waals surface area contributed by atoms with Gasteiger partial charge >= 0.3 is 0 Å². The molecule has 0 N–H and O–H groups in total. The van der Waals surface area contributed by atoms with E-state index in [1.807, 2.05) is 25.7 Å². The van der Waals surface area contributed by atoms with Crippen molar-refractivity contribution in [2.45, 2.75) is 51.8 Å². The minimum atomic E-state index is -0.435. The molecule has 3 heteroatoms. The smallest absolute Gasteiger partial charge is 0.238 e. The summed E-state index contributed by atoms with van der Waals surface area (Å²) in [5, 5.41) is 0. The van der Waals surface area contributed by atoms with Gasteiger partial charge in [-0.05, 0) is 26.7 Å². The Balaban J connectivity index is 4.43. The molecule has 0 aliphatic carbocycles. The van der Waals surface area contributed by atoms with Crippen molar-refractivity contribution in [3.8, 4) is 0 Å². The van der Waals surface area contributed by atoms with Crippen LogP contribution in [0.4, 0.5) is 0 Å². The second kappa shape index (κ2) is 6.51. The number of carbonyl (C=O) groups excluding carboxylic acids is 1. The van der Waals surface area contributed by atoms with Crippen molar-refractivity contribution in [1.82, 2.24) is 4.90 Å². The molecule has 0 heterocycles. The summed E-state index contributed by atoms with van der Waals surface area (Å²) in [5.74, 6) is 0.820. The van der Waals surface area contributed by atoms with Crippen LogP contribution >= 0.6 is 15.9 Å². The first-order valence-corrected chi connectivity index (χ1v) is 6.64. The average molecular weight is 278 g/mol. The van der Waals surface area contributed by atoms with E-state index in [-0.39, 0.29) is 5.91 Å². The van der Waals surface area contributed by atoms with E-state index >= 15 is 0 Å². The Morgan fingerprint density at radius 3 is 2.00 bits per heavy atom. The summed E-state index contributed by atoms with van der Waals surface area (Å²) in [4.78, 5) is 14.0. The number of rotatable bonds is 6. The summed E-state index contributed by atoms with van der Waals surface area (Å²) in [6, 6.07) is 0. The van der Waals surface area contributed by atoms with Crippen molar-refractivity contribution in [3.05, 3.63) is 0 Å². The minimum Gasteiger partial charge on any atom is -0.342 e. The van der Waals surface area contributed by atoms with Gasteiger partial charge in [0, 0.05) is 13.1 Å². The highest BCUT2D eigenvalue weighted by atomic mass is 79.9. The van der Waals surface area contributed by atoms with Crippen LogP contribution < -0.4 is 0 Å². The monoisotopic (exact) mass is 277 g/mol. The molecule has 90 valence electrons. The van der Waals surface area contributed by atoms with Gasteiger partial charge in [-0.25, -0.2) is 0 Å². The number of alkyl halides is 1. The molecule has 0 unspecified atom stereocenters. The summed E-state index contributed by atoms with van der Waals surface area (Å²) >= 11 is 3.43. The minimum absolute atomic E-state index is 0.192. The molecule has 0 rings (SSSR count). The second-order valence-electron chi connectivity index (χ2n) is 4.50. The molecule has 0 atom stereocenters. The molecule has 0 bridgehead atoms. The van der Waals surface area contributed by atoms with Crippen LogP contribution in [0.5, 0.6) is 0 Å². The van der Waals surface area contributed by atoms with Crippen LogP contribution in [0.25, 0.3) is 0 Å². The average Bonchev–Trinajstić information content (AvgIpc) is 2.18. The molecule has 0 fully saturated rings. The Morgan fingerprint density at radius 1 is 1.27 bits per heavy atom. The topological polar surface area (TPSA) is 20.3 Å². The van der Waals surface area contributed by atoms with Gasteiger partial charge in [0.2, 0.25) is 5.91 Å². The van der Waals surface area contributed by atoms with E-state index < -0.39 is 4.32 Å². The van der Waals surface area contributed by atoms with E-state index in [0.717, 1.165) is 25.9 Å². The van der Waals surface area contributed by atoms with Gasteiger partial charge in [0.25, 0.3) is 0 Å². The number of hydrogen-bond donors (Lipinski definition) is 0. The molecule has 15 heavy (non-hydrogen) atoms. The lowest BCUT2D eigenvalue weighted by Crippen LogP contribution is -2.43. The van der Waals surface area contributed by atoms with Crippen LogP contribution in [-0.2, 0) is 4.79 Å². The summed E-state index contributed by atoms with van der Waals surface area (Å²) < 4.78 is -0.435. The quantitative estimate of drug-likeness (QED) is 0.681. The van der Waals surface area contributed by atoms with Gasteiger partial charge in [0.05, 0.1) is 4.32 Å². The summed E-state index contributed by atoms with van der Waals surface area (Å²) in [7, 11) is 0. The normalized spacial score (nSPS) is 11.9. The summed E-state index contributed by atoms with van der Waals surface area (Å²) in [6.45, 7) is 11.9. The fourth-order valence-corrected chi connectivity index (χ4v) is 1.84. The highest BCUT2D eigenvalue weighted by Crippen LogP contribution is 2.21. The lowest BCUT2D eigenvalue weighted by molar-refractivity contribution is -0.133. The molecule has 0 aliphatic heterocycles. The fourth-order valence-electron chi connectivity index (χ4n) is 1.59. The first-order chi connectivity index (χ1) is 6.86. The molecule has 2 nitrogen and oxygen atoms in total. The van der Waals surface area contributed by atoms with Crippen LogP contribution in [-0.4, -0.2) is 28.2 Å². The largest absolute Gasteiger partial charge is 0.342 e. The standard InChI is InChI=1S/C12H24BrNO/c1-6-10(7-2)9-14(8-3)11(15)12(4,5)13/h10H,6-9H2,1-5H3. The highest BCUT2D eigenvalue weighted by molar-refractivity contribution is 9.10. The molecule has 0 aromatic heterocycles. The van der Waals surface area contributed by atoms with Crippen molar-refractivity contribution >= 4 is 21.8 Å². The Hall–Kier alpha value is -0.0500. The molecule has 0 aromatic carbocycles. The van der Waals surface area contributed by atoms with Gasteiger partial charge in [0.15, 0.2) is 0 Å². The van der Waals surface area contributed by atoms with Crippen LogP contribution in [0.3, 0.4) is 0 Å². The van der Waals surface area contributed by atoms with Gasteiger partial charge < -0.3 is 4.90 Å². The number of amides is 1. The number of halogens is 1. The van der Waals surface area contributed by atoms with Gasteiger partial charge in [-0.1, -0.05) is 42.6 Å². The Bertz CT molecular complexity index is 194. The van der Waals surface area contributed by atoms with Crippen molar-refractivity contribution in [1.29, 1.82) is 0 Å². The fraction of sp³-hybridized carbons (Fsp3) is 0.917. The van der Waals surface area contributed by atoms with E-state index in [4.69, 9.17) is 0 Å². The Morgan fingerprint density at radius 2 is 1.73 bits per heavy atom. The van der Waals surface area contributed by atoms with Crippen molar-refractivity contribution in [2.75, 3.05) is 13.1 Å². The third-order valence-electron chi connectivity index (χ3n) is 2.81. The zero-order chi connectivity index (χ0) is 12.1. The molecule has 1 amide bonds. The predicted molar refractivity (Wildman–Crippen MR) is 69.3 cm³/mol. The molecule has 0 aliphatic rings. The van der Waals surface area contributed by atoms with Crippen LogP contribution in [0, 0.1) is 5.92 Å². The Kier molecular flexibility index (Phi) is 6.49. The molecular formula is C12H24BrNO. The van der Waals surface area contributed by atoms with E-state index in [2.05, 4.69) is 29.8 Å². The summed E-state index contributed by atoms with van der Waals surface area (Å²) in [5.41, 5.74) is 0. The summed E-state index contributed by atoms with van der Waals surface area (Å²) in [6.07, 6.45) is 2.28. The Labute approximate surface area is 103 Å². The predicted octanol–water partition coefficient (Wildman–Crippen LogP) is 3.44. The van der Waals surface area contributed by atoms with Crippen LogP contribution in [0.1, 0.15) is 47.5 Å². The second-order valence-corrected chi connectivity index (χ2v) is 6.48. The van der Waals surface area contributed by atoms with Gasteiger partial charge in [-0.2, -0.15) is 0 Å². The van der Waals surface area contributed by atoms with Gasteiger partial charge in [-0.15, -0.1) is 0 Å². The van der Waals surface area contributed by atoms with Gasteiger partial charge in [-0.3, -0.25) is 4.79 Å². The molecule has 0 spiro atoms. The first kappa shape index (κ1) is 14.9. The van der Waals surface area contributed by atoms with Crippen molar-refractivity contribution < 1.29 is 4.79 Å². The third kappa shape index (κ3) is 5.01. The molecule has 0 saturated heterocycles. The maximum absolute atomic E-state index is 12.0. The lowest BCUT2D eigenvalue weighted by Gasteiger charge is -2.30. The number of hydrogen-bond acceptors (Lipinski definition) is 1. The lowest BCUT2D eigenvalue weighted by atomic mass is 10.0. The van der Waals surface area contributed by atoms with Crippen LogP contribution in [0.15, 0.2) is 0 Å². The maximum atomic E-state index is 12.0. The zero-order valence-electron chi connectivity index (χ0n) is 10.6. The molecule has 0 aromatic rings. The number of carbonyl (C=O) groups is 1. The zero-order valence-corrected chi connectivity index (χ0v) is 12.2. The number of nitrogens with zero attached hydrogens (tertiary/aromatic N) is 1. The van der Waals surface area contributed by atoms with Crippen molar-refractivity contribution in [3.63, 3.8) is 0 Å². The van der Waals surface area contributed by atoms with E-state index in [1.54, 1.807) is 0 Å². The van der Waals surface area contributed by atoms with E-state index in [1.165, 1.54) is 0 Å². The SMILES string of the molecule is CCC(CC)CN(CC)C(=O)C(C)(C)Br. The third-order valence-corrected chi connectivity index (χ3v) is 3.15. The van der Waals surface area contributed by atoms with Crippen LogP contribution in [0.2, 0.25) is 0 Å². The van der Waals surface area contributed by atoms with Gasteiger partial charge in [0.1, 0.15) is 0 Å². The highest BCUT2D eigenvalue weighted by Gasteiger charge is 2.28. The van der Waals surface area contributed by atoms with E-state index in [9.17, 15) is 4.79 Å². The molecule has 0 radical (unpaired) electrons. The maximum Gasteiger partial charge on any atom is 0.238 e. The first-order valence-electron chi connectivity index (χ1n) is 5.85. The van der Waals surface area contributed by atoms with Crippen molar-refractivity contribution in [2.24, 2.45) is 5.92 Å².